The molecule has 3 rings (SSSR count). The molecule has 0 amide bonds. The Bertz CT molecular complexity index is 447. The van der Waals surface area contributed by atoms with Crippen LogP contribution in [0.1, 0.15) is 56.7 Å². The van der Waals surface area contributed by atoms with Gasteiger partial charge in [-0.25, -0.2) is 0 Å². The van der Waals surface area contributed by atoms with Crippen molar-refractivity contribution in [2.45, 2.75) is 58.0 Å². The molecular formula is C17H24ClN. The van der Waals surface area contributed by atoms with Gasteiger partial charge in [0.1, 0.15) is 0 Å². The van der Waals surface area contributed by atoms with Crippen molar-refractivity contribution in [1.29, 1.82) is 0 Å². The summed E-state index contributed by atoms with van der Waals surface area (Å²) in [4.78, 5) is 0. The molecule has 3 unspecified atom stereocenters. The maximum Gasteiger partial charge on any atom is 0.0408 e. The molecule has 0 saturated heterocycles. The zero-order chi connectivity index (χ0) is 13.4. The first-order chi connectivity index (χ1) is 9.11. The molecule has 1 aromatic carbocycles. The van der Waals surface area contributed by atoms with Gasteiger partial charge in [-0.3, -0.25) is 0 Å². The van der Waals surface area contributed by atoms with Crippen LogP contribution in [0.5, 0.6) is 0 Å². The third kappa shape index (κ3) is 2.98. The summed E-state index contributed by atoms with van der Waals surface area (Å²) >= 11 is 6.08. The van der Waals surface area contributed by atoms with Crippen molar-refractivity contribution in [1.82, 2.24) is 5.32 Å². The molecule has 0 heterocycles. The number of benzene rings is 1. The number of aryl methyl sites for hydroxylation is 1. The first kappa shape index (κ1) is 13.5. The fourth-order valence-corrected chi connectivity index (χ4v) is 4.32. The van der Waals surface area contributed by atoms with Crippen molar-refractivity contribution in [2.24, 2.45) is 11.8 Å². The monoisotopic (exact) mass is 277 g/mol. The topological polar surface area (TPSA) is 12.0 Å². The molecule has 1 nitrogen and oxygen atoms in total. The van der Waals surface area contributed by atoms with E-state index in [0.29, 0.717) is 12.1 Å². The first-order valence-electron chi connectivity index (χ1n) is 7.66. The predicted octanol–water partition coefficient (Wildman–Crippen LogP) is 4.74. The van der Waals surface area contributed by atoms with E-state index in [0.717, 1.165) is 16.9 Å². The number of hydrogen-bond donors (Lipinski definition) is 1. The third-order valence-electron chi connectivity index (χ3n) is 4.80. The van der Waals surface area contributed by atoms with Gasteiger partial charge < -0.3 is 5.32 Å². The Morgan fingerprint density at radius 3 is 2.58 bits per heavy atom. The van der Waals surface area contributed by atoms with Crippen molar-refractivity contribution in [3.8, 4) is 0 Å². The van der Waals surface area contributed by atoms with Crippen LogP contribution in [-0.2, 0) is 6.42 Å². The molecule has 0 radical (unpaired) electrons. The lowest BCUT2D eigenvalue weighted by Crippen LogP contribution is -2.38. The van der Waals surface area contributed by atoms with E-state index in [4.69, 9.17) is 11.6 Å². The van der Waals surface area contributed by atoms with Crippen LogP contribution >= 0.6 is 11.6 Å². The third-order valence-corrected chi connectivity index (χ3v) is 5.03. The quantitative estimate of drug-likeness (QED) is 0.823. The van der Waals surface area contributed by atoms with Crippen molar-refractivity contribution in [3.05, 3.63) is 34.3 Å². The fraction of sp³-hybridized carbons (Fsp3) is 0.647. The van der Waals surface area contributed by atoms with E-state index < -0.39 is 0 Å². The van der Waals surface area contributed by atoms with E-state index in [2.05, 4.69) is 31.3 Å². The van der Waals surface area contributed by atoms with Crippen LogP contribution < -0.4 is 5.32 Å². The van der Waals surface area contributed by atoms with Crippen molar-refractivity contribution >= 4 is 11.6 Å². The summed E-state index contributed by atoms with van der Waals surface area (Å²) in [6.45, 7) is 4.79. The average Bonchev–Trinajstić information content (AvgIpc) is 2.70. The number of rotatable bonds is 2. The largest absolute Gasteiger partial charge is 0.307 e. The summed E-state index contributed by atoms with van der Waals surface area (Å²) in [5, 5.41) is 4.79. The van der Waals surface area contributed by atoms with Crippen molar-refractivity contribution in [3.63, 3.8) is 0 Å². The molecule has 0 aliphatic heterocycles. The summed E-state index contributed by atoms with van der Waals surface area (Å²) in [6, 6.07) is 7.65. The second kappa shape index (κ2) is 5.46. The normalized spacial score (nSPS) is 34.3. The van der Waals surface area contributed by atoms with Gasteiger partial charge in [0.05, 0.1) is 0 Å². The van der Waals surface area contributed by atoms with Gasteiger partial charge in [0.25, 0.3) is 0 Å². The van der Waals surface area contributed by atoms with Crippen LogP contribution in [0.15, 0.2) is 18.2 Å². The lowest BCUT2D eigenvalue weighted by atomic mass is 9.80. The van der Waals surface area contributed by atoms with Crippen LogP contribution in [0.4, 0.5) is 0 Å². The molecule has 1 aromatic rings. The van der Waals surface area contributed by atoms with Gasteiger partial charge >= 0.3 is 0 Å². The molecule has 0 bridgehead atoms. The minimum absolute atomic E-state index is 0.551. The van der Waals surface area contributed by atoms with Gasteiger partial charge in [0.2, 0.25) is 0 Å². The molecule has 0 aromatic heterocycles. The van der Waals surface area contributed by atoms with Crippen molar-refractivity contribution in [2.75, 3.05) is 0 Å². The smallest absolute Gasteiger partial charge is 0.0408 e. The highest BCUT2D eigenvalue weighted by molar-refractivity contribution is 6.30. The summed E-state index contributed by atoms with van der Waals surface area (Å²) in [5.41, 5.74) is 2.93. The Kier molecular flexibility index (Phi) is 3.86. The van der Waals surface area contributed by atoms with Gasteiger partial charge in [-0.15, -0.1) is 0 Å². The van der Waals surface area contributed by atoms with E-state index in [1.165, 1.54) is 43.2 Å². The Morgan fingerprint density at radius 1 is 1.11 bits per heavy atom. The van der Waals surface area contributed by atoms with Gasteiger partial charge in [0, 0.05) is 17.1 Å². The summed E-state index contributed by atoms with van der Waals surface area (Å²) < 4.78 is 0. The summed E-state index contributed by atoms with van der Waals surface area (Å²) in [7, 11) is 0. The molecule has 2 heteroatoms. The van der Waals surface area contributed by atoms with Crippen molar-refractivity contribution < 1.29 is 0 Å². The van der Waals surface area contributed by atoms with Gasteiger partial charge in [-0.05, 0) is 67.2 Å². The Balaban J connectivity index is 1.69. The maximum atomic E-state index is 6.08. The zero-order valence-corrected chi connectivity index (χ0v) is 12.7. The van der Waals surface area contributed by atoms with Crippen LogP contribution in [0.2, 0.25) is 5.02 Å². The van der Waals surface area contributed by atoms with Crippen LogP contribution in [0.25, 0.3) is 0 Å². The number of fused-ring (bicyclic) bond motifs is 1. The van der Waals surface area contributed by atoms with E-state index >= 15 is 0 Å². The number of hydrogen-bond acceptors (Lipinski definition) is 1. The SMILES string of the molecule is CC1CC(C)CC(NC2CCc3cc(Cl)ccc32)C1. The Hall–Kier alpha value is -0.530. The molecule has 2 aliphatic carbocycles. The lowest BCUT2D eigenvalue weighted by Gasteiger charge is -2.34. The average molecular weight is 278 g/mol. The van der Waals surface area contributed by atoms with E-state index in [-0.39, 0.29) is 0 Å². The van der Waals surface area contributed by atoms with Gasteiger partial charge in [-0.2, -0.15) is 0 Å². The highest BCUT2D eigenvalue weighted by atomic mass is 35.5. The lowest BCUT2D eigenvalue weighted by molar-refractivity contribution is 0.225. The molecule has 1 saturated carbocycles. The number of nitrogens with one attached hydrogen (secondary N) is 1. The first-order valence-corrected chi connectivity index (χ1v) is 8.04. The molecule has 0 spiro atoms. The van der Waals surface area contributed by atoms with E-state index in [1.807, 2.05) is 6.07 Å². The molecule has 19 heavy (non-hydrogen) atoms. The van der Waals surface area contributed by atoms with E-state index in [1.54, 1.807) is 0 Å². The van der Waals surface area contributed by atoms with E-state index in [9.17, 15) is 0 Å². The second-order valence-electron chi connectivity index (χ2n) is 6.72. The molecule has 1 N–H and O–H groups in total. The van der Waals surface area contributed by atoms with Crippen LogP contribution in [0.3, 0.4) is 0 Å². The summed E-state index contributed by atoms with van der Waals surface area (Å²) in [5.74, 6) is 1.74. The number of halogens is 1. The zero-order valence-electron chi connectivity index (χ0n) is 12.0. The van der Waals surface area contributed by atoms with Crippen LogP contribution in [0, 0.1) is 11.8 Å². The Morgan fingerprint density at radius 2 is 1.84 bits per heavy atom. The molecular weight excluding hydrogens is 254 g/mol. The molecule has 1 fully saturated rings. The fourth-order valence-electron chi connectivity index (χ4n) is 4.13. The second-order valence-corrected chi connectivity index (χ2v) is 7.15. The van der Waals surface area contributed by atoms with Gasteiger partial charge in [-0.1, -0.05) is 31.5 Å². The highest BCUT2D eigenvalue weighted by Crippen LogP contribution is 2.36. The van der Waals surface area contributed by atoms with Crippen LogP contribution in [-0.4, -0.2) is 6.04 Å². The predicted molar refractivity (Wildman–Crippen MR) is 81.6 cm³/mol. The maximum absolute atomic E-state index is 6.08. The highest BCUT2D eigenvalue weighted by Gasteiger charge is 2.29. The van der Waals surface area contributed by atoms with Gasteiger partial charge in [0.15, 0.2) is 0 Å². The molecule has 3 atom stereocenters. The minimum atomic E-state index is 0.551. The minimum Gasteiger partial charge on any atom is -0.307 e. The molecule has 2 aliphatic rings. The standard InChI is InChI=1S/C17H24ClN/c1-11-7-12(2)9-15(8-11)19-17-6-3-13-10-14(18)4-5-16(13)17/h4-5,10-12,15,17,19H,3,6-9H2,1-2H3. The molecule has 104 valence electrons. The Labute approximate surface area is 121 Å². The summed E-state index contributed by atoms with van der Waals surface area (Å²) in [6.07, 6.45) is 6.48.